The molecule has 1 rings (SSSR count). The summed E-state index contributed by atoms with van der Waals surface area (Å²) in [6.45, 7) is 6.94. The van der Waals surface area contributed by atoms with Gasteiger partial charge in [-0.25, -0.2) is 0 Å². The Kier molecular flexibility index (Phi) is 4.19. The van der Waals surface area contributed by atoms with Crippen molar-refractivity contribution in [2.45, 2.75) is 26.9 Å². The van der Waals surface area contributed by atoms with Gasteiger partial charge in [0.05, 0.1) is 12.3 Å². The second-order valence-corrected chi connectivity index (χ2v) is 3.30. The lowest BCUT2D eigenvalue weighted by atomic mass is 10.1. The minimum absolute atomic E-state index is 0.161. The minimum atomic E-state index is -0.330. The van der Waals surface area contributed by atoms with E-state index in [1.54, 1.807) is 26.1 Å². The number of nitrogens with zero attached hydrogens (tertiary/aromatic N) is 1. The lowest BCUT2D eigenvalue weighted by molar-refractivity contribution is -0.134. The third-order valence-corrected chi connectivity index (χ3v) is 2.21. The van der Waals surface area contributed by atoms with E-state index in [1.807, 2.05) is 0 Å². The first-order valence-corrected chi connectivity index (χ1v) is 5.06. The second kappa shape index (κ2) is 5.42. The van der Waals surface area contributed by atoms with Gasteiger partial charge in [0.25, 0.3) is 0 Å². The summed E-state index contributed by atoms with van der Waals surface area (Å²) >= 11 is 0. The van der Waals surface area contributed by atoms with Crippen LogP contribution in [-0.2, 0) is 11.4 Å². The van der Waals surface area contributed by atoms with Crippen LogP contribution in [0.1, 0.15) is 30.2 Å². The maximum Gasteiger partial charge on any atom is 0.310 e. The van der Waals surface area contributed by atoms with Crippen molar-refractivity contribution in [2.24, 2.45) is 0 Å². The Morgan fingerprint density at radius 1 is 1.69 bits per heavy atom. The van der Waals surface area contributed by atoms with Crippen molar-refractivity contribution in [1.29, 1.82) is 0 Å². The summed E-state index contributed by atoms with van der Waals surface area (Å²) in [7, 11) is 0. The molecule has 0 aliphatic carbocycles. The first-order chi connectivity index (χ1) is 7.63. The highest BCUT2D eigenvalue weighted by Crippen LogP contribution is 2.26. The molecule has 86 valence electrons. The zero-order valence-corrected chi connectivity index (χ0v) is 9.49. The number of aliphatic hydroxyl groups is 1. The van der Waals surface area contributed by atoms with E-state index in [1.165, 1.54) is 0 Å². The van der Waals surface area contributed by atoms with Crippen molar-refractivity contribution in [3.63, 3.8) is 0 Å². The SMILES string of the molecule is C=Cc1c(CO)cnc(C)c1OC(=O)CC. The molecule has 0 spiro atoms. The summed E-state index contributed by atoms with van der Waals surface area (Å²) in [5.74, 6) is 0.0523. The van der Waals surface area contributed by atoms with Crippen LogP contribution in [0.25, 0.3) is 6.08 Å². The normalized spacial score (nSPS) is 9.94. The van der Waals surface area contributed by atoms with Gasteiger partial charge in [-0.15, -0.1) is 0 Å². The van der Waals surface area contributed by atoms with Gasteiger partial charge in [0.2, 0.25) is 0 Å². The highest BCUT2D eigenvalue weighted by molar-refractivity contribution is 5.74. The molecule has 1 heterocycles. The summed E-state index contributed by atoms with van der Waals surface area (Å²) in [5.41, 5.74) is 1.82. The van der Waals surface area contributed by atoms with Crippen LogP contribution in [-0.4, -0.2) is 16.1 Å². The van der Waals surface area contributed by atoms with Crippen LogP contribution < -0.4 is 4.74 Å². The summed E-state index contributed by atoms with van der Waals surface area (Å²) in [5, 5.41) is 9.13. The van der Waals surface area contributed by atoms with Gasteiger partial charge in [-0.2, -0.15) is 0 Å². The quantitative estimate of drug-likeness (QED) is 0.788. The van der Waals surface area contributed by atoms with Gasteiger partial charge in [-0.3, -0.25) is 9.78 Å². The number of pyridine rings is 1. The number of rotatable bonds is 4. The van der Waals surface area contributed by atoms with Crippen LogP contribution >= 0.6 is 0 Å². The van der Waals surface area contributed by atoms with Gasteiger partial charge in [0.1, 0.15) is 0 Å². The van der Waals surface area contributed by atoms with Gasteiger partial charge in [-0.1, -0.05) is 19.6 Å². The predicted molar refractivity (Wildman–Crippen MR) is 60.9 cm³/mol. The van der Waals surface area contributed by atoms with E-state index < -0.39 is 0 Å². The summed E-state index contributed by atoms with van der Waals surface area (Å²) in [6, 6.07) is 0. The van der Waals surface area contributed by atoms with Gasteiger partial charge < -0.3 is 9.84 Å². The standard InChI is InChI=1S/C12H15NO3/c1-4-10-9(7-14)6-13-8(3)12(10)16-11(15)5-2/h4,6,14H,1,5,7H2,2-3H3. The summed E-state index contributed by atoms with van der Waals surface area (Å²) in [6.07, 6.45) is 3.40. The third-order valence-electron chi connectivity index (χ3n) is 2.21. The Balaban J connectivity index is 3.23. The number of hydrogen-bond donors (Lipinski definition) is 1. The summed E-state index contributed by atoms with van der Waals surface area (Å²) < 4.78 is 5.18. The number of aromatic nitrogens is 1. The van der Waals surface area contributed by atoms with Crippen LogP contribution in [0, 0.1) is 6.92 Å². The van der Waals surface area contributed by atoms with E-state index in [9.17, 15) is 4.79 Å². The number of ether oxygens (including phenoxy) is 1. The van der Waals surface area contributed by atoms with Gasteiger partial charge >= 0.3 is 5.97 Å². The molecule has 16 heavy (non-hydrogen) atoms. The maximum atomic E-state index is 11.3. The monoisotopic (exact) mass is 221 g/mol. The van der Waals surface area contributed by atoms with E-state index in [2.05, 4.69) is 11.6 Å². The number of hydrogen-bond acceptors (Lipinski definition) is 4. The number of carbonyl (C=O) groups excluding carboxylic acids is 1. The third kappa shape index (κ3) is 2.46. The zero-order chi connectivity index (χ0) is 12.1. The minimum Gasteiger partial charge on any atom is -0.424 e. The molecular weight excluding hydrogens is 206 g/mol. The largest absolute Gasteiger partial charge is 0.424 e. The van der Waals surface area contributed by atoms with Crippen molar-refractivity contribution in [2.75, 3.05) is 0 Å². The molecule has 0 saturated carbocycles. The highest BCUT2D eigenvalue weighted by Gasteiger charge is 2.13. The second-order valence-electron chi connectivity index (χ2n) is 3.30. The van der Waals surface area contributed by atoms with E-state index in [0.717, 1.165) is 0 Å². The fraction of sp³-hybridized carbons (Fsp3) is 0.333. The number of aryl methyl sites for hydroxylation is 1. The van der Waals surface area contributed by atoms with Crippen LogP contribution in [0.3, 0.4) is 0 Å². The van der Waals surface area contributed by atoms with E-state index in [0.29, 0.717) is 29.0 Å². The number of aliphatic hydroxyl groups excluding tert-OH is 1. The Bertz CT molecular complexity index is 413. The molecule has 4 nitrogen and oxygen atoms in total. The lowest BCUT2D eigenvalue weighted by Crippen LogP contribution is -2.09. The van der Waals surface area contributed by atoms with Crippen molar-refractivity contribution < 1.29 is 14.6 Å². The molecule has 0 unspecified atom stereocenters. The van der Waals surface area contributed by atoms with Gasteiger partial charge in [0.15, 0.2) is 5.75 Å². The molecule has 0 aliphatic rings. The van der Waals surface area contributed by atoms with Crippen molar-refractivity contribution in [3.05, 3.63) is 29.6 Å². The maximum absolute atomic E-state index is 11.3. The molecule has 4 heteroatoms. The van der Waals surface area contributed by atoms with E-state index in [-0.39, 0.29) is 12.6 Å². The molecule has 0 aliphatic heterocycles. The number of esters is 1. The van der Waals surface area contributed by atoms with E-state index >= 15 is 0 Å². The van der Waals surface area contributed by atoms with Crippen molar-refractivity contribution in [3.8, 4) is 5.75 Å². The fourth-order valence-electron chi connectivity index (χ4n) is 1.31. The first-order valence-electron chi connectivity index (χ1n) is 5.06. The topological polar surface area (TPSA) is 59.4 Å². The summed E-state index contributed by atoms with van der Waals surface area (Å²) in [4.78, 5) is 15.3. The molecule has 1 aromatic heterocycles. The Hall–Kier alpha value is -1.68. The van der Waals surface area contributed by atoms with Crippen LogP contribution in [0.2, 0.25) is 0 Å². The van der Waals surface area contributed by atoms with Gasteiger partial charge in [0, 0.05) is 23.7 Å². The van der Waals surface area contributed by atoms with Crippen molar-refractivity contribution in [1.82, 2.24) is 4.98 Å². The fourth-order valence-corrected chi connectivity index (χ4v) is 1.31. The van der Waals surface area contributed by atoms with Crippen LogP contribution in [0.4, 0.5) is 0 Å². The molecular formula is C12H15NO3. The predicted octanol–water partition coefficient (Wildman–Crippen LogP) is 1.84. The highest BCUT2D eigenvalue weighted by atomic mass is 16.5. The lowest BCUT2D eigenvalue weighted by Gasteiger charge is -2.12. The first kappa shape index (κ1) is 12.4. The zero-order valence-electron chi connectivity index (χ0n) is 9.49. The van der Waals surface area contributed by atoms with Crippen molar-refractivity contribution >= 4 is 12.0 Å². The Labute approximate surface area is 94.6 Å². The molecule has 1 N–H and O–H groups in total. The average molecular weight is 221 g/mol. The Morgan fingerprint density at radius 3 is 2.88 bits per heavy atom. The smallest absolute Gasteiger partial charge is 0.310 e. The van der Waals surface area contributed by atoms with Crippen LogP contribution in [0.5, 0.6) is 5.75 Å². The Morgan fingerprint density at radius 2 is 2.38 bits per heavy atom. The molecule has 0 radical (unpaired) electrons. The molecule has 0 atom stereocenters. The molecule has 0 aromatic carbocycles. The molecule has 0 bridgehead atoms. The number of carbonyl (C=O) groups is 1. The average Bonchev–Trinajstić information content (AvgIpc) is 2.31. The molecule has 0 fully saturated rings. The van der Waals surface area contributed by atoms with E-state index in [4.69, 9.17) is 9.84 Å². The molecule has 0 saturated heterocycles. The molecule has 1 aromatic rings. The molecule has 0 amide bonds. The van der Waals surface area contributed by atoms with Gasteiger partial charge in [-0.05, 0) is 6.92 Å². The van der Waals surface area contributed by atoms with Crippen LogP contribution in [0.15, 0.2) is 12.8 Å².